The minimum Gasteiger partial charge on any atom is -0.493 e. The lowest BCUT2D eigenvalue weighted by Gasteiger charge is -2.10. The lowest BCUT2D eigenvalue weighted by molar-refractivity contribution is 0.0946. The molecule has 1 amide bonds. The molecule has 0 atom stereocenters. The van der Waals surface area contributed by atoms with Gasteiger partial charge in [-0.1, -0.05) is 24.3 Å². The minimum absolute atomic E-state index is 0.0702. The second-order valence-corrected chi connectivity index (χ2v) is 5.84. The molecule has 0 fully saturated rings. The smallest absolute Gasteiger partial charge is 0.267 e. The van der Waals surface area contributed by atoms with Gasteiger partial charge in [0.25, 0.3) is 5.91 Å². The Morgan fingerprint density at radius 1 is 1.04 bits per heavy atom. The number of rotatable bonds is 6. The molecule has 3 rings (SSSR count). The van der Waals surface area contributed by atoms with E-state index in [1.807, 2.05) is 60.1 Å². The van der Waals surface area contributed by atoms with Crippen molar-refractivity contribution in [2.75, 3.05) is 20.8 Å². The first kappa shape index (κ1) is 16.9. The van der Waals surface area contributed by atoms with Crippen LogP contribution in [0.4, 0.5) is 0 Å². The molecule has 0 aliphatic rings. The van der Waals surface area contributed by atoms with Gasteiger partial charge in [-0.05, 0) is 36.2 Å². The first-order valence-corrected chi connectivity index (χ1v) is 8.17. The normalized spacial score (nSPS) is 10.7. The summed E-state index contributed by atoms with van der Waals surface area (Å²) in [6.45, 7) is 0.551. The minimum atomic E-state index is -0.0702. The van der Waals surface area contributed by atoms with E-state index in [2.05, 4.69) is 5.32 Å². The Bertz CT molecular complexity index is 899. The second-order valence-electron chi connectivity index (χ2n) is 5.84. The standard InChI is InChI=1S/C20H22N2O3/c1-22-16-7-5-4-6-15(16)13-17(22)20(23)21-11-10-14-8-9-18(24-2)19(12-14)25-3/h4-9,12-13H,10-11H2,1-3H3,(H,21,23). The molecule has 1 aromatic heterocycles. The number of benzene rings is 2. The van der Waals surface area contributed by atoms with Crippen molar-refractivity contribution in [3.63, 3.8) is 0 Å². The van der Waals surface area contributed by atoms with Crippen LogP contribution in [0.2, 0.25) is 0 Å². The Kier molecular flexibility index (Phi) is 4.93. The molecular formula is C20H22N2O3. The molecule has 0 aliphatic carbocycles. The summed E-state index contributed by atoms with van der Waals surface area (Å²) >= 11 is 0. The summed E-state index contributed by atoms with van der Waals surface area (Å²) in [5.41, 5.74) is 2.79. The van der Waals surface area contributed by atoms with Crippen LogP contribution < -0.4 is 14.8 Å². The Balaban J connectivity index is 1.65. The molecule has 2 aromatic carbocycles. The van der Waals surface area contributed by atoms with Crippen molar-refractivity contribution in [3.8, 4) is 11.5 Å². The molecule has 130 valence electrons. The highest BCUT2D eigenvalue weighted by molar-refractivity contribution is 5.98. The number of carbonyl (C=O) groups excluding carboxylic acids is 1. The molecule has 0 bridgehead atoms. The van der Waals surface area contributed by atoms with E-state index < -0.39 is 0 Å². The number of methoxy groups -OCH3 is 2. The third kappa shape index (κ3) is 3.45. The van der Waals surface area contributed by atoms with E-state index in [1.54, 1.807) is 14.2 Å². The topological polar surface area (TPSA) is 52.5 Å². The van der Waals surface area contributed by atoms with Gasteiger partial charge in [-0.15, -0.1) is 0 Å². The number of aryl methyl sites for hydroxylation is 1. The van der Waals surface area contributed by atoms with Crippen molar-refractivity contribution in [2.45, 2.75) is 6.42 Å². The molecule has 0 aliphatic heterocycles. The van der Waals surface area contributed by atoms with Crippen molar-refractivity contribution in [1.29, 1.82) is 0 Å². The molecule has 25 heavy (non-hydrogen) atoms. The van der Waals surface area contributed by atoms with Gasteiger partial charge in [-0.25, -0.2) is 0 Å². The zero-order valence-electron chi connectivity index (χ0n) is 14.7. The van der Waals surface area contributed by atoms with Gasteiger partial charge in [0.05, 0.1) is 14.2 Å². The predicted octanol–water partition coefficient (Wildman–Crippen LogP) is 3.17. The molecule has 0 saturated carbocycles. The van der Waals surface area contributed by atoms with Crippen LogP contribution in [0.3, 0.4) is 0 Å². The van der Waals surface area contributed by atoms with Gasteiger partial charge in [0.2, 0.25) is 0 Å². The van der Waals surface area contributed by atoms with E-state index >= 15 is 0 Å². The van der Waals surface area contributed by atoms with Crippen molar-refractivity contribution in [3.05, 3.63) is 59.8 Å². The average Bonchev–Trinajstić information content (AvgIpc) is 2.98. The number of amides is 1. The van der Waals surface area contributed by atoms with E-state index in [1.165, 1.54) is 0 Å². The van der Waals surface area contributed by atoms with Crippen LogP contribution in [-0.2, 0) is 13.5 Å². The van der Waals surface area contributed by atoms with E-state index in [-0.39, 0.29) is 5.91 Å². The van der Waals surface area contributed by atoms with Crippen LogP contribution >= 0.6 is 0 Å². The number of nitrogens with zero attached hydrogens (tertiary/aromatic N) is 1. The molecule has 0 spiro atoms. The zero-order valence-corrected chi connectivity index (χ0v) is 14.7. The molecular weight excluding hydrogens is 316 g/mol. The molecule has 3 aromatic rings. The van der Waals surface area contributed by atoms with Gasteiger partial charge in [0.1, 0.15) is 5.69 Å². The van der Waals surface area contributed by atoms with Crippen LogP contribution in [0.5, 0.6) is 11.5 Å². The number of fused-ring (bicyclic) bond motifs is 1. The van der Waals surface area contributed by atoms with Gasteiger partial charge in [0, 0.05) is 24.5 Å². The van der Waals surface area contributed by atoms with E-state index in [4.69, 9.17) is 9.47 Å². The average molecular weight is 338 g/mol. The second kappa shape index (κ2) is 7.30. The number of hydrogen-bond donors (Lipinski definition) is 1. The molecule has 1 heterocycles. The van der Waals surface area contributed by atoms with Gasteiger partial charge in [0.15, 0.2) is 11.5 Å². The summed E-state index contributed by atoms with van der Waals surface area (Å²) in [7, 11) is 5.14. The van der Waals surface area contributed by atoms with Gasteiger partial charge < -0.3 is 19.4 Å². The Hall–Kier alpha value is -2.95. The van der Waals surface area contributed by atoms with Crippen molar-refractivity contribution in [2.24, 2.45) is 7.05 Å². The maximum atomic E-state index is 12.5. The zero-order chi connectivity index (χ0) is 17.8. The first-order valence-electron chi connectivity index (χ1n) is 8.17. The third-order valence-corrected chi connectivity index (χ3v) is 4.33. The van der Waals surface area contributed by atoms with Crippen LogP contribution in [0.15, 0.2) is 48.5 Å². The SMILES string of the molecule is COc1ccc(CCNC(=O)c2cc3ccccc3n2C)cc1OC. The fraction of sp³-hybridized carbons (Fsp3) is 0.250. The molecule has 0 unspecified atom stereocenters. The lowest BCUT2D eigenvalue weighted by atomic mass is 10.1. The van der Waals surface area contributed by atoms with Gasteiger partial charge >= 0.3 is 0 Å². The largest absolute Gasteiger partial charge is 0.493 e. The number of aromatic nitrogens is 1. The quantitative estimate of drug-likeness (QED) is 0.751. The number of nitrogens with one attached hydrogen (secondary N) is 1. The highest BCUT2D eigenvalue weighted by atomic mass is 16.5. The van der Waals surface area contributed by atoms with Crippen molar-refractivity contribution < 1.29 is 14.3 Å². The van der Waals surface area contributed by atoms with Crippen molar-refractivity contribution >= 4 is 16.8 Å². The van der Waals surface area contributed by atoms with Crippen LogP contribution in [-0.4, -0.2) is 31.2 Å². The monoisotopic (exact) mass is 338 g/mol. The first-order chi connectivity index (χ1) is 12.1. The van der Waals surface area contributed by atoms with Gasteiger partial charge in [-0.3, -0.25) is 4.79 Å². The van der Waals surface area contributed by atoms with Crippen LogP contribution in [0.25, 0.3) is 10.9 Å². The maximum absolute atomic E-state index is 12.5. The molecule has 5 heteroatoms. The third-order valence-electron chi connectivity index (χ3n) is 4.33. The predicted molar refractivity (Wildman–Crippen MR) is 98.5 cm³/mol. The molecule has 1 N–H and O–H groups in total. The summed E-state index contributed by atoms with van der Waals surface area (Å²) in [5.74, 6) is 1.32. The summed E-state index contributed by atoms with van der Waals surface area (Å²) in [5, 5.41) is 4.05. The Labute approximate surface area is 147 Å². The number of ether oxygens (including phenoxy) is 2. The number of carbonyl (C=O) groups is 1. The van der Waals surface area contributed by atoms with Gasteiger partial charge in [-0.2, -0.15) is 0 Å². The molecule has 0 radical (unpaired) electrons. The summed E-state index contributed by atoms with van der Waals surface area (Å²) in [6, 6.07) is 15.7. The summed E-state index contributed by atoms with van der Waals surface area (Å²) in [6.07, 6.45) is 0.718. The van der Waals surface area contributed by atoms with E-state index in [9.17, 15) is 4.79 Å². The lowest BCUT2D eigenvalue weighted by Crippen LogP contribution is -2.27. The molecule has 0 saturated heterocycles. The molecule has 5 nitrogen and oxygen atoms in total. The number of hydrogen-bond acceptors (Lipinski definition) is 3. The fourth-order valence-electron chi connectivity index (χ4n) is 2.95. The fourth-order valence-corrected chi connectivity index (χ4v) is 2.95. The van der Waals surface area contributed by atoms with E-state index in [0.717, 1.165) is 22.9 Å². The maximum Gasteiger partial charge on any atom is 0.267 e. The van der Waals surface area contributed by atoms with Crippen LogP contribution in [0.1, 0.15) is 16.1 Å². The van der Waals surface area contributed by atoms with E-state index in [0.29, 0.717) is 23.7 Å². The summed E-state index contributed by atoms with van der Waals surface area (Å²) in [4.78, 5) is 12.5. The Morgan fingerprint density at radius 2 is 1.80 bits per heavy atom. The van der Waals surface area contributed by atoms with Crippen LogP contribution in [0, 0.1) is 0 Å². The van der Waals surface area contributed by atoms with Crippen molar-refractivity contribution in [1.82, 2.24) is 9.88 Å². The number of para-hydroxylation sites is 1. The highest BCUT2D eigenvalue weighted by Crippen LogP contribution is 2.27. The Morgan fingerprint density at radius 3 is 2.52 bits per heavy atom. The summed E-state index contributed by atoms with van der Waals surface area (Å²) < 4.78 is 12.5. The highest BCUT2D eigenvalue weighted by Gasteiger charge is 2.12.